The quantitative estimate of drug-likeness (QED) is 0.354. The van der Waals surface area contributed by atoms with Gasteiger partial charge in [0.15, 0.2) is 0 Å². The van der Waals surface area contributed by atoms with E-state index in [1.54, 1.807) is 6.20 Å². The van der Waals surface area contributed by atoms with Gasteiger partial charge < -0.3 is 34.4 Å². The molecule has 0 saturated carbocycles. The first-order valence-corrected chi connectivity index (χ1v) is 7.91. The normalized spacial score (nSPS) is 9.03. The van der Waals surface area contributed by atoms with Crippen molar-refractivity contribution in [1.29, 1.82) is 0 Å². The maximum absolute atomic E-state index is 11.9. The zero-order chi connectivity index (χ0) is 22.5. The van der Waals surface area contributed by atoms with Crippen molar-refractivity contribution in [2.24, 2.45) is 0 Å². The molecular formula is C19H23NO8Pb-3. The summed E-state index contributed by atoms with van der Waals surface area (Å²) in [5.41, 5.74) is 0.336. The fourth-order valence-electron chi connectivity index (χ4n) is 1.48. The number of aliphatic carboxylic acids is 3. The van der Waals surface area contributed by atoms with E-state index in [9.17, 15) is 4.79 Å². The second-order valence-electron chi connectivity index (χ2n) is 6.11. The molecule has 0 aliphatic rings. The summed E-state index contributed by atoms with van der Waals surface area (Å²) in [4.78, 5) is 38.5. The maximum Gasteiger partial charge on any atom is 0.418 e. The summed E-state index contributed by atoms with van der Waals surface area (Å²) in [5, 5.41) is 27.6. The molecule has 0 unspecified atom stereocenters. The van der Waals surface area contributed by atoms with Gasteiger partial charge in [0.05, 0.1) is 5.52 Å². The molecule has 0 atom stereocenters. The van der Waals surface area contributed by atoms with Gasteiger partial charge in [-0.2, -0.15) is 0 Å². The van der Waals surface area contributed by atoms with E-state index >= 15 is 0 Å². The van der Waals surface area contributed by atoms with Gasteiger partial charge in [-0.15, -0.1) is 0 Å². The molecule has 159 valence electrons. The standard InChI is InChI=1S/C13H14NO2.3C2H4O2.Pb/c1-13(2,3)16-12(15)14-9-8-10-6-4-5-7-11(10)14;3*1-2(3)4;/h4-5,7-9H,1-3H3;3*1H3,(H,3,4);/p-3. The fraction of sp³-hybridized carbons (Fsp3) is 0.368. The van der Waals surface area contributed by atoms with E-state index in [-0.39, 0.29) is 33.4 Å². The van der Waals surface area contributed by atoms with Crippen LogP contribution in [0.5, 0.6) is 0 Å². The molecule has 1 heterocycles. The molecule has 2 aromatic rings. The van der Waals surface area contributed by atoms with E-state index in [0.717, 1.165) is 31.7 Å². The van der Waals surface area contributed by atoms with Crippen molar-refractivity contribution in [3.8, 4) is 0 Å². The predicted molar refractivity (Wildman–Crippen MR) is 100 cm³/mol. The van der Waals surface area contributed by atoms with Crippen LogP contribution < -0.4 is 15.3 Å². The first-order chi connectivity index (χ1) is 12.7. The smallest absolute Gasteiger partial charge is 0.418 e. The van der Waals surface area contributed by atoms with Crippen molar-refractivity contribution in [2.45, 2.75) is 47.1 Å². The molecule has 0 spiro atoms. The third-order valence-corrected chi connectivity index (χ3v) is 2.11. The molecule has 0 fully saturated rings. The van der Waals surface area contributed by atoms with Gasteiger partial charge in [-0.25, -0.2) is 4.79 Å². The Balaban J connectivity index is -0.000000434. The van der Waals surface area contributed by atoms with Crippen LogP contribution in [0.4, 0.5) is 4.79 Å². The van der Waals surface area contributed by atoms with Gasteiger partial charge in [0.25, 0.3) is 0 Å². The average Bonchev–Trinajstić information content (AvgIpc) is 2.87. The SMILES string of the molecule is CC(=O)[O-].CC(=O)[O-].CC(=O)[O-].CC(C)(C)OC(=O)n1ccc2[c]cccc21.[Pb]. The fourth-order valence-corrected chi connectivity index (χ4v) is 1.48. The zero-order valence-corrected chi connectivity index (χ0v) is 21.0. The third kappa shape index (κ3) is 20.1. The average molecular weight is 601 g/mol. The molecular weight excluding hydrogens is 577 g/mol. The Bertz CT molecular complexity index is 752. The number of carbonyl (C=O) groups excluding carboxylic acids is 4. The number of hydrogen-bond acceptors (Lipinski definition) is 8. The van der Waals surface area contributed by atoms with Crippen molar-refractivity contribution in [1.82, 2.24) is 4.57 Å². The minimum absolute atomic E-state index is 0. The predicted octanol–water partition coefficient (Wildman–Crippen LogP) is -0.888. The van der Waals surface area contributed by atoms with Crippen LogP contribution in [0.25, 0.3) is 10.9 Å². The van der Waals surface area contributed by atoms with Crippen molar-refractivity contribution in [2.75, 3.05) is 0 Å². The Hall–Kier alpha value is -2.44. The number of aromatic nitrogens is 1. The third-order valence-electron chi connectivity index (χ3n) is 2.11. The molecule has 0 bridgehead atoms. The number of carbonyl (C=O) groups is 4. The Kier molecular flexibility index (Phi) is 16.7. The molecule has 9 nitrogen and oxygen atoms in total. The number of nitrogens with zero attached hydrogens (tertiary/aromatic N) is 1. The molecule has 0 saturated heterocycles. The topological polar surface area (TPSA) is 152 Å². The first-order valence-electron chi connectivity index (χ1n) is 7.91. The van der Waals surface area contributed by atoms with Gasteiger partial charge in [-0.05, 0) is 59.7 Å². The van der Waals surface area contributed by atoms with Gasteiger partial charge in [-0.1, -0.05) is 12.1 Å². The Morgan fingerprint density at radius 3 is 1.72 bits per heavy atom. The van der Waals surface area contributed by atoms with Crippen LogP contribution in [0, 0.1) is 6.07 Å². The monoisotopic (exact) mass is 601 g/mol. The van der Waals surface area contributed by atoms with Crippen LogP contribution >= 0.6 is 0 Å². The number of benzene rings is 1. The second-order valence-corrected chi connectivity index (χ2v) is 6.11. The number of rotatable bonds is 0. The summed E-state index contributed by atoms with van der Waals surface area (Å²) in [6, 6.07) is 10.4. The van der Waals surface area contributed by atoms with Gasteiger partial charge in [0, 0.05) is 56.8 Å². The van der Waals surface area contributed by atoms with Gasteiger partial charge in [-0.3, -0.25) is 4.57 Å². The van der Waals surface area contributed by atoms with Crippen LogP contribution in [0.3, 0.4) is 0 Å². The Morgan fingerprint density at radius 2 is 1.34 bits per heavy atom. The van der Waals surface area contributed by atoms with E-state index in [1.807, 2.05) is 45.0 Å². The Labute approximate surface area is 189 Å². The largest absolute Gasteiger partial charge is 0.550 e. The number of ether oxygens (including phenoxy) is 1. The van der Waals surface area contributed by atoms with Crippen molar-refractivity contribution >= 4 is 62.2 Å². The van der Waals surface area contributed by atoms with Gasteiger partial charge in [0.2, 0.25) is 0 Å². The minimum atomic E-state index is -1.08. The van der Waals surface area contributed by atoms with Crippen LogP contribution in [-0.2, 0) is 19.1 Å². The summed E-state index contributed by atoms with van der Waals surface area (Å²) >= 11 is 0. The Morgan fingerprint density at radius 1 is 0.931 bits per heavy atom. The molecule has 1 aromatic heterocycles. The molecule has 29 heavy (non-hydrogen) atoms. The van der Waals surface area contributed by atoms with Crippen LogP contribution in [0.1, 0.15) is 41.5 Å². The molecule has 1 aromatic carbocycles. The molecule has 10 heteroatoms. The van der Waals surface area contributed by atoms with Gasteiger partial charge >= 0.3 is 6.09 Å². The van der Waals surface area contributed by atoms with Crippen LogP contribution in [0.15, 0.2) is 30.5 Å². The van der Waals surface area contributed by atoms with Crippen LogP contribution in [0.2, 0.25) is 0 Å². The second kappa shape index (κ2) is 15.5. The summed E-state index contributed by atoms with van der Waals surface area (Å²) in [7, 11) is 0. The summed E-state index contributed by atoms with van der Waals surface area (Å²) in [5.74, 6) is -3.25. The molecule has 0 aliphatic carbocycles. The zero-order valence-electron chi connectivity index (χ0n) is 17.1. The molecule has 0 aliphatic heterocycles. The summed E-state index contributed by atoms with van der Waals surface area (Å²) in [6.45, 7) is 8.47. The summed E-state index contributed by atoms with van der Waals surface area (Å²) < 4.78 is 6.80. The minimum Gasteiger partial charge on any atom is -0.550 e. The van der Waals surface area contributed by atoms with E-state index in [4.69, 9.17) is 34.4 Å². The van der Waals surface area contributed by atoms with Gasteiger partial charge in [0.1, 0.15) is 5.60 Å². The molecule has 0 N–H and O–H groups in total. The van der Waals surface area contributed by atoms with E-state index in [1.165, 1.54) is 4.57 Å². The van der Waals surface area contributed by atoms with Crippen molar-refractivity contribution in [3.05, 3.63) is 36.5 Å². The number of hydrogen-bond donors (Lipinski definition) is 0. The van der Waals surface area contributed by atoms with Crippen molar-refractivity contribution in [3.63, 3.8) is 0 Å². The number of carboxylic acids is 3. The molecule has 0 amide bonds. The first kappa shape index (κ1) is 31.3. The number of carboxylic acid groups (broad SMARTS) is 3. The van der Waals surface area contributed by atoms with E-state index < -0.39 is 23.5 Å². The maximum atomic E-state index is 11.9. The van der Waals surface area contributed by atoms with Crippen molar-refractivity contribution < 1.29 is 39.2 Å². The number of fused-ring (bicyclic) bond motifs is 1. The van der Waals surface area contributed by atoms with E-state index in [0.29, 0.717) is 0 Å². The van der Waals surface area contributed by atoms with Crippen LogP contribution in [-0.4, -0.2) is 61.5 Å². The molecule has 2 rings (SSSR count). The molecule has 5 radical (unpaired) electrons. The summed E-state index contributed by atoms with van der Waals surface area (Å²) in [6.07, 6.45) is 1.34. The van der Waals surface area contributed by atoms with E-state index in [2.05, 4.69) is 6.07 Å².